The van der Waals surface area contributed by atoms with Crippen LogP contribution < -0.4 is 5.32 Å². The van der Waals surface area contributed by atoms with Crippen LogP contribution in [-0.4, -0.2) is 64.8 Å². The number of rotatable bonds is 3. The molecule has 0 radical (unpaired) electrons. The number of piperazine rings is 1. The van der Waals surface area contributed by atoms with Gasteiger partial charge in [-0.15, -0.1) is 0 Å². The van der Waals surface area contributed by atoms with Crippen LogP contribution >= 0.6 is 12.2 Å². The van der Waals surface area contributed by atoms with Crippen LogP contribution in [0.15, 0.2) is 0 Å². The Morgan fingerprint density at radius 1 is 1.65 bits per heavy atom. The van der Waals surface area contributed by atoms with Gasteiger partial charge in [0.2, 0.25) is 0 Å². The molecule has 2 fully saturated rings. The van der Waals surface area contributed by atoms with Crippen molar-refractivity contribution in [3.8, 4) is 0 Å². The molecule has 0 spiro atoms. The Morgan fingerprint density at radius 3 is 2.94 bits per heavy atom. The van der Waals surface area contributed by atoms with Gasteiger partial charge in [-0.25, -0.2) is 0 Å². The van der Waals surface area contributed by atoms with Crippen LogP contribution in [0.25, 0.3) is 0 Å². The standard InChI is InChI=1S/C11H19N3O2S/c1-11(2,9(15)16)7-13-6-8-5-12-3-4-14(8)10(13)17/h8,12H,3-7H2,1-2H3,(H,15,16)/t8-/m1/s1. The number of fused-ring (bicyclic) bond motifs is 1. The lowest BCUT2D eigenvalue weighted by atomic mass is 9.93. The van der Waals surface area contributed by atoms with E-state index in [1.807, 2.05) is 4.90 Å². The van der Waals surface area contributed by atoms with Gasteiger partial charge in [0, 0.05) is 32.7 Å². The Labute approximate surface area is 107 Å². The number of thiocarbonyl (C=S) groups is 1. The highest BCUT2D eigenvalue weighted by molar-refractivity contribution is 7.80. The Kier molecular flexibility index (Phi) is 3.27. The molecule has 0 unspecified atom stereocenters. The van der Waals surface area contributed by atoms with Crippen LogP contribution in [0, 0.1) is 5.41 Å². The number of hydrogen-bond donors (Lipinski definition) is 2. The average Bonchev–Trinajstić information content (AvgIpc) is 2.56. The quantitative estimate of drug-likeness (QED) is 0.693. The molecule has 2 heterocycles. The summed E-state index contributed by atoms with van der Waals surface area (Å²) in [4.78, 5) is 15.4. The van der Waals surface area contributed by atoms with Crippen molar-refractivity contribution in [3.05, 3.63) is 0 Å². The largest absolute Gasteiger partial charge is 0.481 e. The molecule has 0 aliphatic carbocycles. The van der Waals surface area contributed by atoms with E-state index in [0.717, 1.165) is 31.3 Å². The van der Waals surface area contributed by atoms with Gasteiger partial charge in [0.1, 0.15) is 0 Å². The minimum atomic E-state index is -0.775. The summed E-state index contributed by atoms with van der Waals surface area (Å²) < 4.78 is 0. The molecule has 17 heavy (non-hydrogen) atoms. The number of nitrogens with zero attached hydrogens (tertiary/aromatic N) is 2. The summed E-state index contributed by atoms with van der Waals surface area (Å²) in [6.07, 6.45) is 0. The second-order valence-electron chi connectivity index (χ2n) is 5.40. The monoisotopic (exact) mass is 257 g/mol. The Bertz CT molecular complexity index is 346. The van der Waals surface area contributed by atoms with Crippen molar-refractivity contribution >= 4 is 23.3 Å². The van der Waals surface area contributed by atoms with E-state index in [1.165, 1.54) is 0 Å². The third-order valence-corrected chi connectivity index (χ3v) is 3.96. The summed E-state index contributed by atoms with van der Waals surface area (Å²) in [5, 5.41) is 13.3. The summed E-state index contributed by atoms with van der Waals surface area (Å²) >= 11 is 5.42. The number of nitrogens with one attached hydrogen (secondary N) is 1. The molecule has 0 bridgehead atoms. The van der Waals surface area contributed by atoms with Gasteiger partial charge in [-0.2, -0.15) is 0 Å². The number of hydrogen-bond acceptors (Lipinski definition) is 3. The molecule has 0 saturated carbocycles. The zero-order valence-corrected chi connectivity index (χ0v) is 11.1. The van der Waals surface area contributed by atoms with Crippen LogP contribution in [0.3, 0.4) is 0 Å². The van der Waals surface area contributed by atoms with Gasteiger partial charge in [-0.05, 0) is 26.1 Å². The lowest BCUT2D eigenvalue weighted by Crippen LogP contribution is -2.49. The average molecular weight is 257 g/mol. The highest BCUT2D eigenvalue weighted by Crippen LogP contribution is 2.24. The van der Waals surface area contributed by atoms with Gasteiger partial charge >= 0.3 is 5.97 Å². The molecule has 0 aromatic rings. The van der Waals surface area contributed by atoms with E-state index in [-0.39, 0.29) is 0 Å². The molecule has 6 heteroatoms. The Balaban J connectivity index is 2.04. The van der Waals surface area contributed by atoms with Gasteiger partial charge in [-0.3, -0.25) is 4.79 Å². The van der Waals surface area contributed by atoms with Crippen molar-refractivity contribution in [3.63, 3.8) is 0 Å². The molecule has 5 nitrogen and oxygen atoms in total. The predicted octanol–water partition coefficient (Wildman–Crippen LogP) is -0.0285. The highest BCUT2D eigenvalue weighted by atomic mass is 32.1. The molecule has 0 amide bonds. The predicted molar refractivity (Wildman–Crippen MR) is 69.0 cm³/mol. The number of carboxylic acid groups (broad SMARTS) is 1. The summed E-state index contributed by atoms with van der Waals surface area (Å²) in [6.45, 7) is 7.61. The molecule has 1 atom stereocenters. The van der Waals surface area contributed by atoms with E-state index in [4.69, 9.17) is 17.3 Å². The van der Waals surface area contributed by atoms with Crippen molar-refractivity contribution in [1.82, 2.24) is 15.1 Å². The van der Waals surface area contributed by atoms with Gasteiger partial charge in [-0.1, -0.05) is 0 Å². The Hall–Kier alpha value is -0.880. The second kappa shape index (κ2) is 4.42. The lowest BCUT2D eigenvalue weighted by molar-refractivity contribution is -0.147. The number of carbonyl (C=O) groups is 1. The topological polar surface area (TPSA) is 55.8 Å². The molecule has 96 valence electrons. The SMILES string of the molecule is CC(C)(CN1C[C@H]2CNCCN2C1=S)C(=O)O. The molecule has 2 saturated heterocycles. The van der Waals surface area contributed by atoms with E-state index < -0.39 is 11.4 Å². The minimum Gasteiger partial charge on any atom is -0.481 e. The van der Waals surface area contributed by atoms with Gasteiger partial charge < -0.3 is 20.2 Å². The first-order valence-corrected chi connectivity index (χ1v) is 6.32. The van der Waals surface area contributed by atoms with Gasteiger partial charge in [0.15, 0.2) is 5.11 Å². The summed E-state index contributed by atoms with van der Waals surface area (Å²) in [7, 11) is 0. The van der Waals surface area contributed by atoms with E-state index in [1.54, 1.807) is 13.8 Å². The third-order valence-electron chi connectivity index (χ3n) is 3.46. The first-order chi connectivity index (χ1) is 7.92. The molecular weight excluding hydrogens is 238 g/mol. The summed E-state index contributed by atoms with van der Waals surface area (Å²) in [6, 6.07) is 0.404. The molecule has 0 aromatic carbocycles. The fourth-order valence-corrected chi connectivity index (χ4v) is 2.75. The maximum Gasteiger partial charge on any atom is 0.310 e. The van der Waals surface area contributed by atoms with E-state index >= 15 is 0 Å². The lowest BCUT2D eigenvalue weighted by Gasteiger charge is -2.30. The smallest absolute Gasteiger partial charge is 0.310 e. The van der Waals surface area contributed by atoms with Crippen LogP contribution in [0.2, 0.25) is 0 Å². The summed E-state index contributed by atoms with van der Waals surface area (Å²) in [5.41, 5.74) is -0.758. The molecule has 2 rings (SSSR count). The molecular formula is C11H19N3O2S. The van der Waals surface area contributed by atoms with Crippen molar-refractivity contribution in [1.29, 1.82) is 0 Å². The fourth-order valence-electron chi connectivity index (χ4n) is 2.37. The van der Waals surface area contributed by atoms with E-state index in [9.17, 15) is 4.79 Å². The summed E-state index contributed by atoms with van der Waals surface area (Å²) in [5.74, 6) is -0.775. The van der Waals surface area contributed by atoms with Gasteiger partial charge in [0.25, 0.3) is 0 Å². The number of carboxylic acids is 1. The molecule has 2 aliphatic heterocycles. The van der Waals surface area contributed by atoms with Gasteiger partial charge in [0.05, 0.1) is 11.5 Å². The highest BCUT2D eigenvalue weighted by Gasteiger charge is 2.39. The molecule has 2 N–H and O–H groups in total. The zero-order chi connectivity index (χ0) is 12.6. The van der Waals surface area contributed by atoms with Crippen molar-refractivity contribution in [2.75, 3.05) is 32.7 Å². The van der Waals surface area contributed by atoms with Crippen molar-refractivity contribution in [2.24, 2.45) is 5.41 Å². The fraction of sp³-hybridized carbons (Fsp3) is 0.818. The normalized spacial score (nSPS) is 25.1. The third kappa shape index (κ3) is 2.37. The van der Waals surface area contributed by atoms with E-state index in [0.29, 0.717) is 12.6 Å². The van der Waals surface area contributed by atoms with E-state index in [2.05, 4.69) is 10.2 Å². The minimum absolute atomic E-state index is 0.404. The first-order valence-electron chi connectivity index (χ1n) is 5.91. The van der Waals surface area contributed by atoms with Crippen LogP contribution in [0.1, 0.15) is 13.8 Å². The molecule has 0 aromatic heterocycles. The van der Waals surface area contributed by atoms with Crippen molar-refractivity contribution < 1.29 is 9.90 Å². The maximum absolute atomic E-state index is 11.1. The van der Waals surface area contributed by atoms with Crippen LogP contribution in [0.4, 0.5) is 0 Å². The Morgan fingerprint density at radius 2 is 2.35 bits per heavy atom. The number of aliphatic carboxylic acids is 1. The second-order valence-corrected chi connectivity index (χ2v) is 5.77. The zero-order valence-electron chi connectivity index (χ0n) is 10.3. The maximum atomic E-state index is 11.1. The molecule has 2 aliphatic rings. The van der Waals surface area contributed by atoms with Crippen LogP contribution in [0.5, 0.6) is 0 Å². The van der Waals surface area contributed by atoms with Crippen molar-refractivity contribution in [2.45, 2.75) is 19.9 Å². The van der Waals surface area contributed by atoms with Crippen LogP contribution in [-0.2, 0) is 4.79 Å². The first kappa shape index (κ1) is 12.6.